The highest BCUT2D eigenvalue weighted by molar-refractivity contribution is 5.58. The number of benzene rings is 1. The average molecular weight is 322 g/mol. The Labute approximate surface area is 142 Å². The second kappa shape index (κ2) is 6.61. The van der Waals surface area contributed by atoms with Crippen molar-refractivity contribution in [3.05, 3.63) is 49.0 Å². The molecule has 1 fully saturated rings. The van der Waals surface area contributed by atoms with E-state index in [1.165, 1.54) is 19.4 Å². The highest BCUT2D eigenvalue weighted by Crippen LogP contribution is 2.24. The Hall–Kier alpha value is -2.40. The third-order valence-electron chi connectivity index (χ3n) is 4.84. The second-order valence-electron chi connectivity index (χ2n) is 6.41. The molecule has 124 valence electrons. The third-order valence-corrected chi connectivity index (χ3v) is 4.84. The quantitative estimate of drug-likeness (QED) is 0.719. The molecule has 0 amide bonds. The fraction of sp³-hybridized carbons (Fsp3) is 0.368. The van der Waals surface area contributed by atoms with Crippen LogP contribution in [0.4, 0.5) is 0 Å². The molecule has 1 unspecified atom stereocenters. The number of rotatable bonds is 5. The van der Waals surface area contributed by atoms with Crippen molar-refractivity contribution in [2.45, 2.75) is 31.8 Å². The van der Waals surface area contributed by atoms with Gasteiger partial charge in [-0.1, -0.05) is 18.2 Å². The van der Waals surface area contributed by atoms with Crippen LogP contribution >= 0.6 is 0 Å². The van der Waals surface area contributed by atoms with E-state index in [1.807, 2.05) is 42.7 Å². The van der Waals surface area contributed by atoms with Gasteiger partial charge in [0.1, 0.15) is 12.0 Å². The van der Waals surface area contributed by atoms with Gasteiger partial charge in [0, 0.05) is 30.5 Å². The second-order valence-corrected chi connectivity index (χ2v) is 6.41. The van der Waals surface area contributed by atoms with Gasteiger partial charge in [-0.15, -0.1) is 0 Å². The number of aromatic nitrogens is 3. The Kier molecular flexibility index (Phi) is 4.17. The van der Waals surface area contributed by atoms with E-state index in [0.29, 0.717) is 11.9 Å². The molecule has 0 bridgehead atoms. The van der Waals surface area contributed by atoms with Crippen molar-refractivity contribution in [2.75, 3.05) is 13.6 Å². The van der Waals surface area contributed by atoms with E-state index in [1.54, 1.807) is 6.26 Å². The SMILES string of the molecule is CN1CCCC1CCn1ccnc1-c1coc(-c2ccccc2)n1. The standard InChI is InChI=1S/C19H22N4O/c1-22-11-5-8-16(22)9-12-23-13-10-20-18(23)17-14-24-19(21-17)15-6-3-2-4-7-15/h2-4,6-7,10,13-14,16H,5,8-9,11-12H2,1H3. The summed E-state index contributed by atoms with van der Waals surface area (Å²) in [5, 5.41) is 0. The Morgan fingerprint density at radius 2 is 2.12 bits per heavy atom. The highest BCUT2D eigenvalue weighted by atomic mass is 16.3. The molecule has 2 aromatic heterocycles. The van der Waals surface area contributed by atoms with E-state index >= 15 is 0 Å². The Morgan fingerprint density at radius 1 is 1.25 bits per heavy atom. The fourth-order valence-corrected chi connectivity index (χ4v) is 3.44. The molecule has 24 heavy (non-hydrogen) atoms. The number of imidazole rings is 1. The summed E-state index contributed by atoms with van der Waals surface area (Å²) in [5.74, 6) is 1.51. The van der Waals surface area contributed by atoms with Crippen molar-refractivity contribution in [2.24, 2.45) is 0 Å². The van der Waals surface area contributed by atoms with E-state index in [9.17, 15) is 0 Å². The van der Waals surface area contributed by atoms with Crippen molar-refractivity contribution in [3.63, 3.8) is 0 Å². The van der Waals surface area contributed by atoms with Crippen molar-refractivity contribution < 1.29 is 4.42 Å². The first kappa shape index (κ1) is 15.1. The average Bonchev–Trinajstić information content (AvgIpc) is 3.34. The maximum absolute atomic E-state index is 5.65. The van der Waals surface area contributed by atoms with Crippen LogP contribution in [0.2, 0.25) is 0 Å². The molecule has 1 aromatic carbocycles. The molecule has 0 spiro atoms. The molecule has 1 aliphatic heterocycles. The predicted octanol–water partition coefficient (Wildman–Crippen LogP) is 3.69. The molecule has 5 nitrogen and oxygen atoms in total. The van der Waals surface area contributed by atoms with Crippen LogP contribution < -0.4 is 0 Å². The van der Waals surface area contributed by atoms with E-state index < -0.39 is 0 Å². The van der Waals surface area contributed by atoms with Crippen LogP contribution in [0.3, 0.4) is 0 Å². The van der Waals surface area contributed by atoms with Crippen LogP contribution in [0.15, 0.2) is 53.4 Å². The highest BCUT2D eigenvalue weighted by Gasteiger charge is 2.21. The molecule has 0 radical (unpaired) electrons. The zero-order valence-corrected chi connectivity index (χ0v) is 13.9. The van der Waals surface area contributed by atoms with Gasteiger partial charge in [-0.3, -0.25) is 0 Å². The van der Waals surface area contributed by atoms with Gasteiger partial charge in [-0.25, -0.2) is 9.97 Å². The van der Waals surface area contributed by atoms with Crippen LogP contribution in [-0.2, 0) is 6.54 Å². The number of aryl methyl sites for hydroxylation is 1. The van der Waals surface area contributed by atoms with Gasteiger partial charge < -0.3 is 13.9 Å². The minimum absolute atomic E-state index is 0.635. The van der Waals surface area contributed by atoms with Gasteiger partial charge in [0.25, 0.3) is 0 Å². The first-order valence-corrected chi connectivity index (χ1v) is 8.54. The Bertz CT molecular complexity index is 793. The molecule has 3 heterocycles. The van der Waals surface area contributed by atoms with Crippen LogP contribution in [-0.4, -0.2) is 39.1 Å². The van der Waals surface area contributed by atoms with Crippen molar-refractivity contribution in [1.82, 2.24) is 19.4 Å². The zero-order valence-electron chi connectivity index (χ0n) is 13.9. The molecular weight excluding hydrogens is 300 g/mol. The molecule has 5 heteroatoms. The number of nitrogens with zero attached hydrogens (tertiary/aromatic N) is 4. The number of likely N-dealkylation sites (tertiary alicyclic amines) is 1. The largest absolute Gasteiger partial charge is 0.444 e. The molecule has 1 saturated heterocycles. The van der Waals surface area contributed by atoms with Crippen molar-refractivity contribution in [3.8, 4) is 23.0 Å². The molecule has 4 rings (SSSR count). The molecular formula is C19H22N4O. The lowest BCUT2D eigenvalue weighted by atomic mass is 10.1. The van der Waals surface area contributed by atoms with Crippen LogP contribution in [0.1, 0.15) is 19.3 Å². The minimum Gasteiger partial charge on any atom is -0.444 e. The van der Waals surface area contributed by atoms with Crippen LogP contribution in [0.5, 0.6) is 0 Å². The van der Waals surface area contributed by atoms with Crippen molar-refractivity contribution in [1.29, 1.82) is 0 Å². The lowest BCUT2D eigenvalue weighted by molar-refractivity contribution is 0.286. The Balaban J connectivity index is 1.51. The number of oxazole rings is 1. The van der Waals surface area contributed by atoms with Gasteiger partial charge in [0.2, 0.25) is 5.89 Å². The molecule has 0 N–H and O–H groups in total. The maximum Gasteiger partial charge on any atom is 0.226 e. The van der Waals surface area contributed by atoms with E-state index in [0.717, 1.165) is 30.0 Å². The summed E-state index contributed by atoms with van der Waals surface area (Å²) in [4.78, 5) is 11.6. The lowest BCUT2D eigenvalue weighted by Gasteiger charge is -2.19. The summed E-state index contributed by atoms with van der Waals surface area (Å²) in [7, 11) is 2.22. The van der Waals surface area contributed by atoms with Gasteiger partial charge in [-0.05, 0) is 45.0 Å². The van der Waals surface area contributed by atoms with Crippen molar-refractivity contribution >= 4 is 0 Å². The summed E-state index contributed by atoms with van der Waals surface area (Å²) >= 11 is 0. The van der Waals surface area contributed by atoms with Gasteiger partial charge in [-0.2, -0.15) is 0 Å². The topological polar surface area (TPSA) is 47.1 Å². The molecule has 3 aromatic rings. The van der Waals surface area contributed by atoms with Gasteiger partial charge in [0.15, 0.2) is 5.82 Å². The minimum atomic E-state index is 0.635. The van der Waals surface area contributed by atoms with Crippen LogP contribution in [0, 0.1) is 0 Å². The number of hydrogen-bond donors (Lipinski definition) is 0. The smallest absolute Gasteiger partial charge is 0.226 e. The summed E-state index contributed by atoms with van der Waals surface area (Å²) in [6.07, 6.45) is 9.31. The van der Waals surface area contributed by atoms with E-state index in [4.69, 9.17) is 4.42 Å². The molecule has 1 aliphatic rings. The molecule has 0 aliphatic carbocycles. The predicted molar refractivity (Wildman–Crippen MR) is 93.4 cm³/mol. The first-order valence-electron chi connectivity index (χ1n) is 8.54. The Morgan fingerprint density at radius 3 is 2.92 bits per heavy atom. The molecule has 1 atom stereocenters. The maximum atomic E-state index is 5.65. The van der Waals surface area contributed by atoms with E-state index in [2.05, 4.69) is 26.5 Å². The van der Waals surface area contributed by atoms with Crippen LogP contribution in [0.25, 0.3) is 23.0 Å². The zero-order chi connectivity index (χ0) is 16.4. The number of hydrogen-bond acceptors (Lipinski definition) is 4. The third kappa shape index (κ3) is 2.99. The molecule has 0 saturated carbocycles. The summed E-state index contributed by atoms with van der Waals surface area (Å²) in [6, 6.07) is 10.6. The summed E-state index contributed by atoms with van der Waals surface area (Å²) in [5.41, 5.74) is 1.77. The van der Waals surface area contributed by atoms with Gasteiger partial charge in [0.05, 0.1) is 0 Å². The fourth-order valence-electron chi connectivity index (χ4n) is 3.44. The summed E-state index contributed by atoms with van der Waals surface area (Å²) < 4.78 is 7.83. The first-order chi connectivity index (χ1) is 11.8. The lowest BCUT2D eigenvalue weighted by Crippen LogP contribution is -2.26. The van der Waals surface area contributed by atoms with E-state index in [-0.39, 0.29) is 0 Å². The monoisotopic (exact) mass is 322 g/mol. The van der Waals surface area contributed by atoms with Gasteiger partial charge >= 0.3 is 0 Å². The normalized spacial score (nSPS) is 18.3. The summed E-state index contributed by atoms with van der Waals surface area (Å²) in [6.45, 7) is 2.17.